The molecule has 0 radical (unpaired) electrons. The van der Waals surface area contributed by atoms with Gasteiger partial charge >= 0.3 is 11.7 Å². The van der Waals surface area contributed by atoms with Gasteiger partial charge in [-0.1, -0.05) is 55.8 Å². The second-order valence-corrected chi connectivity index (χ2v) is 9.87. The molecule has 0 aliphatic carbocycles. The Morgan fingerprint density at radius 2 is 1.74 bits per heavy atom. The summed E-state index contributed by atoms with van der Waals surface area (Å²) in [6.45, 7) is 7.62. The third-order valence-electron chi connectivity index (χ3n) is 6.65. The van der Waals surface area contributed by atoms with E-state index in [2.05, 4.69) is 15.6 Å². The first kappa shape index (κ1) is 24.6. The molecule has 0 spiro atoms. The Kier molecular flexibility index (Phi) is 7.58. The molecule has 35 heavy (non-hydrogen) atoms. The third-order valence-corrected chi connectivity index (χ3v) is 6.65. The lowest BCUT2D eigenvalue weighted by Crippen LogP contribution is -2.53. The van der Waals surface area contributed by atoms with E-state index in [4.69, 9.17) is 0 Å². The van der Waals surface area contributed by atoms with E-state index in [1.54, 1.807) is 0 Å². The maximum Gasteiger partial charge on any atom is 0.326 e. The second-order valence-electron chi connectivity index (χ2n) is 9.87. The van der Waals surface area contributed by atoms with E-state index in [0.29, 0.717) is 38.9 Å². The van der Waals surface area contributed by atoms with Gasteiger partial charge in [-0.2, -0.15) is 0 Å². The molecule has 1 aliphatic rings. The quantitative estimate of drug-likeness (QED) is 0.484. The van der Waals surface area contributed by atoms with Crippen molar-refractivity contribution in [3.8, 4) is 0 Å². The number of hydrogen-bond acceptors (Lipinski definition) is 3. The van der Waals surface area contributed by atoms with Crippen molar-refractivity contribution < 1.29 is 9.59 Å². The maximum absolute atomic E-state index is 13.4. The van der Waals surface area contributed by atoms with Gasteiger partial charge < -0.3 is 20.5 Å². The average Bonchev–Trinajstić information content (AvgIpc) is 3.18. The van der Waals surface area contributed by atoms with Crippen LogP contribution in [-0.2, 0) is 11.3 Å². The van der Waals surface area contributed by atoms with Gasteiger partial charge in [0.05, 0.1) is 11.0 Å². The van der Waals surface area contributed by atoms with Crippen molar-refractivity contribution in [1.29, 1.82) is 0 Å². The van der Waals surface area contributed by atoms with Crippen molar-refractivity contribution in [2.75, 3.05) is 13.1 Å². The number of nitrogens with zero attached hydrogens (tertiary/aromatic N) is 2. The number of carbonyl (C=O) groups excluding carboxylic acids is 2. The van der Waals surface area contributed by atoms with Crippen molar-refractivity contribution in [3.63, 3.8) is 0 Å². The number of aromatic amines is 1. The van der Waals surface area contributed by atoms with Gasteiger partial charge in [0.1, 0.15) is 6.04 Å². The van der Waals surface area contributed by atoms with Crippen LogP contribution in [0.3, 0.4) is 0 Å². The lowest BCUT2D eigenvalue weighted by atomic mass is 9.99. The molecule has 1 aliphatic heterocycles. The van der Waals surface area contributed by atoms with Crippen LogP contribution >= 0.6 is 0 Å². The number of piperidine rings is 1. The molecule has 8 nitrogen and oxygen atoms in total. The number of H-pyrrole nitrogens is 1. The van der Waals surface area contributed by atoms with Crippen LogP contribution in [-0.4, -0.2) is 45.5 Å². The Hall–Kier alpha value is -3.55. The minimum Gasteiger partial charge on any atom is -0.341 e. The van der Waals surface area contributed by atoms with Crippen LogP contribution in [0.25, 0.3) is 11.0 Å². The maximum atomic E-state index is 13.4. The molecule has 3 aromatic rings. The van der Waals surface area contributed by atoms with Gasteiger partial charge in [0, 0.05) is 25.7 Å². The molecule has 0 bridgehead atoms. The highest BCUT2D eigenvalue weighted by Crippen LogP contribution is 2.25. The Balaban J connectivity index is 1.36. The summed E-state index contributed by atoms with van der Waals surface area (Å²) in [5, 5.41) is 5.76. The Labute approximate surface area is 205 Å². The Bertz CT molecular complexity index is 1220. The summed E-state index contributed by atoms with van der Waals surface area (Å²) < 4.78 is 1.82. The molecule has 1 aromatic heterocycles. The zero-order chi connectivity index (χ0) is 24.9. The first-order valence-electron chi connectivity index (χ1n) is 12.4. The van der Waals surface area contributed by atoms with Gasteiger partial charge in [0.25, 0.3) is 0 Å². The van der Waals surface area contributed by atoms with Gasteiger partial charge in [-0.15, -0.1) is 0 Å². The summed E-state index contributed by atoms with van der Waals surface area (Å²) in [4.78, 5) is 43.3. The Morgan fingerprint density at radius 1 is 1.06 bits per heavy atom. The fourth-order valence-electron chi connectivity index (χ4n) is 4.79. The molecule has 2 heterocycles. The summed E-state index contributed by atoms with van der Waals surface area (Å²) in [5.41, 5.74) is 3.78. The number of benzene rings is 2. The molecule has 0 saturated carbocycles. The van der Waals surface area contributed by atoms with E-state index in [0.717, 1.165) is 16.6 Å². The molecular weight excluding hydrogens is 442 g/mol. The molecule has 3 amide bonds. The van der Waals surface area contributed by atoms with Crippen LogP contribution in [0.2, 0.25) is 0 Å². The zero-order valence-electron chi connectivity index (χ0n) is 20.7. The predicted molar refractivity (Wildman–Crippen MR) is 137 cm³/mol. The number of carbonyl (C=O) groups is 2. The highest BCUT2D eigenvalue weighted by atomic mass is 16.2. The molecular formula is C27H35N5O3. The lowest BCUT2D eigenvalue weighted by Gasteiger charge is -2.35. The molecule has 4 rings (SSSR count). The van der Waals surface area contributed by atoms with Gasteiger partial charge in [-0.3, -0.25) is 9.36 Å². The molecule has 1 fully saturated rings. The highest BCUT2D eigenvalue weighted by molar-refractivity contribution is 5.87. The first-order valence-corrected chi connectivity index (χ1v) is 12.4. The number of nitrogens with one attached hydrogen (secondary N) is 3. The number of aryl methyl sites for hydroxylation is 1. The van der Waals surface area contributed by atoms with Gasteiger partial charge in [0.15, 0.2) is 0 Å². The Morgan fingerprint density at radius 3 is 2.43 bits per heavy atom. The predicted octanol–water partition coefficient (Wildman–Crippen LogP) is 3.72. The molecule has 8 heteroatoms. The van der Waals surface area contributed by atoms with Crippen LogP contribution in [0, 0.1) is 12.8 Å². The largest absolute Gasteiger partial charge is 0.341 e. The van der Waals surface area contributed by atoms with Crippen LogP contribution in [0.1, 0.15) is 50.3 Å². The average molecular weight is 478 g/mol. The van der Waals surface area contributed by atoms with E-state index >= 15 is 0 Å². The van der Waals surface area contributed by atoms with E-state index in [1.807, 2.05) is 78.8 Å². The zero-order valence-corrected chi connectivity index (χ0v) is 20.7. The van der Waals surface area contributed by atoms with Crippen LogP contribution in [0.4, 0.5) is 4.79 Å². The standard InChI is InChI=1S/C27H35N5O3/c1-18(2)16-23(29-26(34)28-17-20-10-8-19(3)9-11-20)25(33)31-14-12-21(13-15-31)32-24-7-5-4-6-22(24)30-27(32)35/h4-11,18,21,23H,12-17H2,1-3H3,(H,30,35)(H2,28,29,34). The number of likely N-dealkylation sites (tertiary alicyclic amines) is 1. The SMILES string of the molecule is Cc1ccc(CNC(=O)NC(CC(C)C)C(=O)N2CCC(n3c(=O)[nH]c4ccccc43)CC2)cc1. The molecule has 3 N–H and O–H groups in total. The van der Waals surface area contributed by atoms with Crippen LogP contribution in [0.5, 0.6) is 0 Å². The number of hydrogen-bond donors (Lipinski definition) is 3. The van der Waals surface area contributed by atoms with E-state index < -0.39 is 6.04 Å². The molecule has 1 unspecified atom stereocenters. The van der Waals surface area contributed by atoms with Crippen molar-refractivity contribution in [1.82, 2.24) is 25.1 Å². The topological polar surface area (TPSA) is 99.2 Å². The van der Waals surface area contributed by atoms with Gasteiger partial charge in [0.2, 0.25) is 5.91 Å². The van der Waals surface area contributed by atoms with E-state index in [9.17, 15) is 14.4 Å². The summed E-state index contributed by atoms with van der Waals surface area (Å²) in [5.74, 6) is 0.192. The lowest BCUT2D eigenvalue weighted by molar-refractivity contribution is -0.134. The van der Waals surface area contributed by atoms with Crippen molar-refractivity contribution in [3.05, 3.63) is 70.1 Å². The number of imidazole rings is 1. The number of para-hydroxylation sites is 2. The fourth-order valence-corrected chi connectivity index (χ4v) is 4.79. The smallest absolute Gasteiger partial charge is 0.326 e. The number of urea groups is 1. The van der Waals surface area contributed by atoms with Crippen LogP contribution < -0.4 is 16.3 Å². The highest BCUT2D eigenvalue weighted by Gasteiger charge is 2.31. The minimum absolute atomic E-state index is 0.0389. The van der Waals surface area contributed by atoms with Crippen LogP contribution in [0.15, 0.2) is 53.3 Å². The fraction of sp³-hybridized carbons (Fsp3) is 0.444. The third kappa shape index (κ3) is 5.93. The number of rotatable bonds is 7. The first-order chi connectivity index (χ1) is 16.8. The molecule has 1 atom stereocenters. The second kappa shape index (κ2) is 10.8. The number of amides is 3. The monoisotopic (exact) mass is 477 g/mol. The number of aromatic nitrogens is 2. The molecule has 186 valence electrons. The van der Waals surface area contributed by atoms with E-state index in [-0.39, 0.29) is 29.6 Å². The summed E-state index contributed by atoms with van der Waals surface area (Å²) in [6, 6.07) is 14.8. The summed E-state index contributed by atoms with van der Waals surface area (Å²) >= 11 is 0. The van der Waals surface area contributed by atoms with Crippen molar-refractivity contribution in [2.24, 2.45) is 5.92 Å². The van der Waals surface area contributed by atoms with Gasteiger partial charge in [-0.05, 0) is 49.8 Å². The minimum atomic E-state index is -0.583. The van der Waals surface area contributed by atoms with E-state index in [1.165, 1.54) is 5.56 Å². The van der Waals surface area contributed by atoms with Crippen molar-refractivity contribution in [2.45, 2.75) is 58.7 Å². The normalized spacial score (nSPS) is 15.4. The number of fused-ring (bicyclic) bond motifs is 1. The van der Waals surface area contributed by atoms with Crippen molar-refractivity contribution >= 4 is 23.0 Å². The molecule has 1 saturated heterocycles. The molecule has 2 aromatic carbocycles. The summed E-state index contributed by atoms with van der Waals surface area (Å²) in [7, 11) is 0. The summed E-state index contributed by atoms with van der Waals surface area (Å²) in [6.07, 6.45) is 1.96. The van der Waals surface area contributed by atoms with Gasteiger partial charge in [-0.25, -0.2) is 9.59 Å².